The first-order valence-corrected chi connectivity index (χ1v) is 8.30. The molecule has 1 rings (SSSR count). The van der Waals surface area contributed by atoms with Crippen molar-refractivity contribution in [2.24, 2.45) is 7.05 Å². The van der Waals surface area contributed by atoms with E-state index >= 15 is 0 Å². The molecule has 0 aliphatic rings. The Morgan fingerprint density at radius 1 is 1.29 bits per heavy atom. The molecule has 0 radical (unpaired) electrons. The molecule has 1 aromatic rings. The third-order valence-corrected chi connectivity index (χ3v) is 5.37. The summed E-state index contributed by atoms with van der Waals surface area (Å²) in [5.74, 6) is 0. The van der Waals surface area contributed by atoms with E-state index in [1.54, 1.807) is 4.68 Å². The van der Waals surface area contributed by atoms with Crippen LogP contribution in [0.25, 0.3) is 0 Å². The van der Waals surface area contributed by atoms with Gasteiger partial charge in [0.1, 0.15) is 5.15 Å². The summed E-state index contributed by atoms with van der Waals surface area (Å²) in [6.07, 6.45) is 3.11. The molecule has 0 fully saturated rings. The number of aromatic nitrogens is 2. The summed E-state index contributed by atoms with van der Waals surface area (Å²) in [7, 11) is 6.25. The minimum Gasteiger partial charge on any atom is -0.312 e. The summed E-state index contributed by atoms with van der Waals surface area (Å²) >= 11 is 6.43. The molecule has 0 bridgehead atoms. The fourth-order valence-electron chi connectivity index (χ4n) is 3.50. The predicted molar refractivity (Wildman–Crippen MR) is 91.1 cm³/mol. The Hall–Kier alpha value is -0.580. The van der Waals surface area contributed by atoms with Gasteiger partial charge in [-0.3, -0.25) is 4.68 Å². The standard InChI is InChI=1S/C16H31ClN4/c1-8-16(9-2,20(5)6)14(18-10-3)11-13-12(4)19-21(7)15(13)17/h14,18H,8-11H2,1-7H3. The molecule has 0 saturated heterocycles. The number of hydrogen-bond acceptors (Lipinski definition) is 3. The maximum atomic E-state index is 6.43. The van der Waals surface area contributed by atoms with E-state index in [0.717, 1.165) is 36.7 Å². The Kier molecular flexibility index (Phi) is 6.70. The second-order valence-corrected chi connectivity index (χ2v) is 6.36. The monoisotopic (exact) mass is 314 g/mol. The van der Waals surface area contributed by atoms with Gasteiger partial charge in [-0.05, 0) is 46.8 Å². The quantitative estimate of drug-likeness (QED) is 0.800. The van der Waals surface area contributed by atoms with E-state index in [9.17, 15) is 0 Å². The van der Waals surface area contributed by atoms with Gasteiger partial charge in [0, 0.05) is 24.2 Å². The van der Waals surface area contributed by atoms with Crippen molar-refractivity contribution < 1.29 is 0 Å². The first-order valence-electron chi connectivity index (χ1n) is 7.92. The van der Waals surface area contributed by atoms with Crippen LogP contribution >= 0.6 is 11.6 Å². The van der Waals surface area contributed by atoms with Crippen LogP contribution in [0.2, 0.25) is 5.15 Å². The molecule has 1 heterocycles. The summed E-state index contributed by atoms with van der Waals surface area (Å²) in [4.78, 5) is 2.36. The van der Waals surface area contributed by atoms with Gasteiger partial charge in [-0.25, -0.2) is 0 Å². The number of likely N-dealkylation sites (N-methyl/N-ethyl adjacent to an activating group) is 2. The van der Waals surface area contributed by atoms with Crippen molar-refractivity contribution in [3.05, 3.63) is 16.4 Å². The molecule has 1 atom stereocenters. The van der Waals surface area contributed by atoms with Crippen molar-refractivity contribution in [1.82, 2.24) is 20.0 Å². The summed E-state index contributed by atoms with van der Waals surface area (Å²) in [6.45, 7) is 9.70. The van der Waals surface area contributed by atoms with Crippen molar-refractivity contribution >= 4 is 11.6 Å². The molecule has 122 valence electrons. The largest absolute Gasteiger partial charge is 0.312 e. The molecule has 0 aromatic carbocycles. The highest BCUT2D eigenvalue weighted by Gasteiger charge is 2.38. The first kappa shape index (κ1) is 18.5. The smallest absolute Gasteiger partial charge is 0.130 e. The predicted octanol–water partition coefficient (Wildman–Crippen LogP) is 3.02. The third-order valence-electron chi connectivity index (χ3n) is 4.89. The van der Waals surface area contributed by atoms with E-state index in [1.807, 2.05) is 14.0 Å². The van der Waals surface area contributed by atoms with Gasteiger partial charge in [0.15, 0.2) is 0 Å². The molecule has 0 aliphatic heterocycles. The second kappa shape index (κ2) is 7.61. The fraction of sp³-hybridized carbons (Fsp3) is 0.812. The summed E-state index contributed by atoms with van der Waals surface area (Å²) < 4.78 is 1.77. The Morgan fingerprint density at radius 2 is 1.86 bits per heavy atom. The van der Waals surface area contributed by atoms with Crippen molar-refractivity contribution in [1.29, 1.82) is 0 Å². The van der Waals surface area contributed by atoms with Crippen molar-refractivity contribution in [2.75, 3.05) is 20.6 Å². The molecule has 1 N–H and O–H groups in total. The van der Waals surface area contributed by atoms with Crippen LogP contribution in [-0.4, -0.2) is 46.9 Å². The fourth-order valence-corrected chi connectivity index (χ4v) is 3.75. The Morgan fingerprint density at radius 3 is 2.19 bits per heavy atom. The number of nitrogens with zero attached hydrogens (tertiary/aromatic N) is 3. The molecule has 0 saturated carbocycles. The average Bonchev–Trinajstić information content (AvgIpc) is 2.67. The lowest BCUT2D eigenvalue weighted by Crippen LogP contribution is -2.59. The lowest BCUT2D eigenvalue weighted by atomic mass is 9.80. The minimum atomic E-state index is 0.127. The topological polar surface area (TPSA) is 33.1 Å². The highest BCUT2D eigenvalue weighted by Crippen LogP contribution is 2.30. The van der Waals surface area contributed by atoms with Gasteiger partial charge in [-0.15, -0.1) is 0 Å². The molecular weight excluding hydrogens is 284 g/mol. The van der Waals surface area contributed by atoms with E-state index in [1.165, 1.54) is 5.56 Å². The maximum Gasteiger partial charge on any atom is 0.130 e. The first-order chi connectivity index (χ1) is 9.83. The van der Waals surface area contributed by atoms with E-state index in [4.69, 9.17) is 11.6 Å². The number of aryl methyl sites for hydroxylation is 2. The number of hydrogen-bond donors (Lipinski definition) is 1. The highest BCUT2D eigenvalue weighted by molar-refractivity contribution is 6.30. The highest BCUT2D eigenvalue weighted by atomic mass is 35.5. The van der Waals surface area contributed by atoms with Crippen molar-refractivity contribution in [2.45, 2.75) is 58.5 Å². The average molecular weight is 315 g/mol. The molecular formula is C16H31ClN4. The van der Waals surface area contributed by atoms with Crippen LogP contribution in [0.15, 0.2) is 0 Å². The number of halogens is 1. The third kappa shape index (κ3) is 3.61. The molecule has 1 unspecified atom stereocenters. The van der Waals surface area contributed by atoms with Crippen LogP contribution in [0.5, 0.6) is 0 Å². The minimum absolute atomic E-state index is 0.127. The van der Waals surface area contributed by atoms with Crippen LogP contribution in [0, 0.1) is 6.92 Å². The molecule has 1 aromatic heterocycles. The Balaban J connectivity index is 3.17. The molecule has 4 nitrogen and oxygen atoms in total. The van der Waals surface area contributed by atoms with Gasteiger partial charge in [0.05, 0.1) is 5.69 Å². The summed E-state index contributed by atoms with van der Waals surface area (Å²) in [6, 6.07) is 0.355. The van der Waals surface area contributed by atoms with E-state index in [2.05, 4.69) is 50.2 Å². The molecule has 5 heteroatoms. The van der Waals surface area contributed by atoms with Gasteiger partial charge in [-0.1, -0.05) is 32.4 Å². The van der Waals surface area contributed by atoms with Gasteiger partial charge in [0.2, 0.25) is 0 Å². The zero-order chi connectivity index (χ0) is 16.2. The molecule has 0 aliphatic carbocycles. The van der Waals surface area contributed by atoms with Crippen LogP contribution in [0.1, 0.15) is 44.9 Å². The lowest BCUT2D eigenvalue weighted by Gasteiger charge is -2.45. The molecule has 21 heavy (non-hydrogen) atoms. The van der Waals surface area contributed by atoms with E-state index < -0.39 is 0 Å². The zero-order valence-electron chi connectivity index (χ0n) is 14.6. The van der Waals surface area contributed by atoms with Crippen LogP contribution in [-0.2, 0) is 13.5 Å². The van der Waals surface area contributed by atoms with Crippen LogP contribution in [0.4, 0.5) is 0 Å². The van der Waals surface area contributed by atoms with Gasteiger partial charge in [-0.2, -0.15) is 5.10 Å². The van der Waals surface area contributed by atoms with Gasteiger partial charge < -0.3 is 10.2 Å². The molecule has 0 amide bonds. The summed E-state index contributed by atoms with van der Waals surface area (Å²) in [5, 5.41) is 8.89. The van der Waals surface area contributed by atoms with Gasteiger partial charge in [0.25, 0.3) is 0 Å². The number of nitrogens with one attached hydrogen (secondary N) is 1. The van der Waals surface area contributed by atoms with Crippen molar-refractivity contribution in [3.8, 4) is 0 Å². The lowest BCUT2D eigenvalue weighted by molar-refractivity contribution is 0.0888. The maximum absolute atomic E-state index is 6.43. The van der Waals surface area contributed by atoms with Crippen LogP contribution in [0.3, 0.4) is 0 Å². The van der Waals surface area contributed by atoms with Gasteiger partial charge >= 0.3 is 0 Å². The summed E-state index contributed by atoms with van der Waals surface area (Å²) in [5.41, 5.74) is 2.32. The van der Waals surface area contributed by atoms with Crippen molar-refractivity contribution in [3.63, 3.8) is 0 Å². The zero-order valence-corrected chi connectivity index (χ0v) is 15.4. The SMILES string of the molecule is CCNC(Cc1c(C)nn(C)c1Cl)C(CC)(CC)N(C)C. The Bertz CT molecular complexity index is 449. The normalized spacial score (nSPS) is 14.0. The Labute approximate surface area is 134 Å². The van der Waals surface area contributed by atoms with E-state index in [0.29, 0.717) is 6.04 Å². The number of rotatable bonds is 8. The second-order valence-electron chi connectivity index (χ2n) is 6.00. The van der Waals surface area contributed by atoms with Crippen LogP contribution < -0.4 is 5.32 Å². The van der Waals surface area contributed by atoms with E-state index in [-0.39, 0.29) is 5.54 Å². The molecule has 0 spiro atoms.